The summed E-state index contributed by atoms with van der Waals surface area (Å²) in [7, 11) is 0. The van der Waals surface area contributed by atoms with Gasteiger partial charge in [0.15, 0.2) is 0 Å². The second kappa shape index (κ2) is 8.07. The van der Waals surface area contributed by atoms with Crippen molar-refractivity contribution in [2.24, 2.45) is 5.10 Å². The van der Waals surface area contributed by atoms with E-state index in [0.717, 1.165) is 22.6 Å². The topological polar surface area (TPSA) is 68.5 Å². The Hall–Kier alpha value is -3.93. The molecule has 2 heterocycles. The molecular weight excluding hydrogens is 388 g/mol. The lowest BCUT2D eigenvalue weighted by atomic mass is 9.96. The molecule has 4 aromatic rings. The molecule has 3 aromatic carbocycles. The van der Waals surface area contributed by atoms with Crippen LogP contribution in [-0.4, -0.2) is 15.3 Å². The minimum Gasteiger partial charge on any atom is -0.485 e. The Morgan fingerprint density at radius 1 is 1.03 bits per heavy atom. The third kappa shape index (κ3) is 3.57. The number of ether oxygens (including phenoxy) is 1. The van der Waals surface area contributed by atoms with Gasteiger partial charge in [0.2, 0.25) is 5.95 Å². The zero-order valence-electron chi connectivity index (χ0n) is 17.2. The SMILES string of the molecule is CCn1c(N/N=C2/C[C@H](c3ccccc3)Oc3ccccc32)nc2ccccc2c1=O. The van der Waals surface area contributed by atoms with E-state index in [1.165, 1.54) is 0 Å². The van der Waals surface area contributed by atoms with Gasteiger partial charge >= 0.3 is 0 Å². The van der Waals surface area contributed by atoms with E-state index in [1.807, 2.05) is 67.6 Å². The van der Waals surface area contributed by atoms with Crippen molar-refractivity contribution < 1.29 is 4.74 Å². The number of aromatic nitrogens is 2. The number of hydrogen-bond acceptors (Lipinski definition) is 5. The summed E-state index contributed by atoms with van der Waals surface area (Å²) in [5.41, 5.74) is 6.53. The van der Waals surface area contributed by atoms with Gasteiger partial charge in [0, 0.05) is 18.5 Å². The molecule has 0 bridgehead atoms. The predicted molar refractivity (Wildman–Crippen MR) is 123 cm³/mol. The summed E-state index contributed by atoms with van der Waals surface area (Å²) >= 11 is 0. The largest absolute Gasteiger partial charge is 0.485 e. The number of nitrogens with one attached hydrogen (secondary N) is 1. The first kappa shape index (κ1) is 19.1. The van der Waals surface area contributed by atoms with Gasteiger partial charge in [-0.25, -0.2) is 10.4 Å². The quantitative estimate of drug-likeness (QED) is 0.493. The van der Waals surface area contributed by atoms with Gasteiger partial charge in [-0.1, -0.05) is 54.6 Å². The Morgan fingerprint density at radius 3 is 2.61 bits per heavy atom. The highest BCUT2D eigenvalue weighted by atomic mass is 16.5. The van der Waals surface area contributed by atoms with E-state index in [0.29, 0.717) is 29.8 Å². The molecule has 31 heavy (non-hydrogen) atoms. The number of nitrogens with zero attached hydrogens (tertiary/aromatic N) is 3. The standard InChI is InChI=1S/C25H22N4O2/c1-2-29-24(30)19-13-6-8-14-20(19)26-25(29)28-27-21-16-23(17-10-4-3-5-11-17)31-22-15-9-7-12-18(21)22/h3-15,23H,2,16H2,1H3,(H,26,28)/b27-21-/t23-/m1/s1. The molecule has 0 amide bonds. The molecule has 0 radical (unpaired) electrons. The number of hydrazone groups is 1. The van der Waals surface area contributed by atoms with Crippen LogP contribution in [0.15, 0.2) is 88.8 Å². The number of benzene rings is 3. The van der Waals surface area contributed by atoms with Gasteiger partial charge in [-0.05, 0) is 36.8 Å². The lowest BCUT2D eigenvalue weighted by Gasteiger charge is -2.27. The minimum absolute atomic E-state index is 0.0784. The van der Waals surface area contributed by atoms with Gasteiger partial charge in [0.05, 0.1) is 16.6 Å². The molecule has 5 rings (SSSR count). The van der Waals surface area contributed by atoms with Crippen LogP contribution in [-0.2, 0) is 6.54 Å². The summed E-state index contributed by atoms with van der Waals surface area (Å²) in [4.78, 5) is 17.5. The second-order valence-corrected chi connectivity index (χ2v) is 7.39. The Bertz CT molecular complexity index is 1330. The fourth-order valence-electron chi connectivity index (χ4n) is 3.91. The highest BCUT2D eigenvalue weighted by Gasteiger charge is 2.26. The zero-order valence-corrected chi connectivity index (χ0v) is 17.2. The van der Waals surface area contributed by atoms with Crippen molar-refractivity contribution >= 4 is 22.6 Å². The molecular formula is C25H22N4O2. The Labute approximate surface area is 179 Å². The molecule has 1 atom stereocenters. The van der Waals surface area contributed by atoms with Crippen LogP contribution in [0, 0.1) is 0 Å². The zero-order chi connectivity index (χ0) is 21.2. The van der Waals surface area contributed by atoms with Crippen molar-refractivity contribution in [2.75, 3.05) is 5.43 Å². The third-order valence-electron chi connectivity index (χ3n) is 5.49. The first-order valence-corrected chi connectivity index (χ1v) is 10.4. The average Bonchev–Trinajstić information content (AvgIpc) is 2.83. The first-order valence-electron chi connectivity index (χ1n) is 10.4. The van der Waals surface area contributed by atoms with E-state index in [9.17, 15) is 4.79 Å². The normalized spacial score (nSPS) is 16.7. The lowest BCUT2D eigenvalue weighted by molar-refractivity contribution is 0.206. The summed E-state index contributed by atoms with van der Waals surface area (Å²) < 4.78 is 7.85. The van der Waals surface area contributed by atoms with Crippen LogP contribution in [0.2, 0.25) is 0 Å². The summed E-state index contributed by atoms with van der Waals surface area (Å²) in [6.45, 7) is 2.42. The maximum Gasteiger partial charge on any atom is 0.262 e. The van der Waals surface area contributed by atoms with Gasteiger partial charge < -0.3 is 4.74 Å². The maximum absolute atomic E-state index is 12.9. The lowest BCUT2D eigenvalue weighted by Crippen LogP contribution is -2.25. The van der Waals surface area contributed by atoms with Gasteiger partial charge in [-0.15, -0.1) is 0 Å². The molecule has 0 unspecified atom stereocenters. The minimum atomic E-state index is -0.130. The van der Waals surface area contributed by atoms with E-state index >= 15 is 0 Å². The van der Waals surface area contributed by atoms with Crippen LogP contribution >= 0.6 is 0 Å². The molecule has 1 N–H and O–H groups in total. The number of anilines is 1. The van der Waals surface area contributed by atoms with Gasteiger partial charge in [0.25, 0.3) is 5.56 Å². The molecule has 0 saturated carbocycles. The molecule has 0 fully saturated rings. The molecule has 6 nitrogen and oxygen atoms in total. The van der Waals surface area contributed by atoms with Gasteiger partial charge in [-0.2, -0.15) is 5.10 Å². The van der Waals surface area contributed by atoms with Crippen molar-refractivity contribution in [1.82, 2.24) is 9.55 Å². The highest BCUT2D eigenvalue weighted by molar-refractivity contribution is 6.04. The van der Waals surface area contributed by atoms with Gasteiger partial charge in [-0.3, -0.25) is 9.36 Å². The van der Waals surface area contributed by atoms with Gasteiger partial charge in [0.1, 0.15) is 11.9 Å². The Balaban J connectivity index is 1.55. The molecule has 1 aromatic heterocycles. The van der Waals surface area contributed by atoms with E-state index in [4.69, 9.17) is 9.84 Å². The van der Waals surface area contributed by atoms with E-state index < -0.39 is 0 Å². The molecule has 6 heteroatoms. The molecule has 0 saturated heterocycles. The number of hydrogen-bond donors (Lipinski definition) is 1. The highest BCUT2D eigenvalue weighted by Crippen LogP contribution is 2.35. The van der Waals surface area contributed by atoms with Crippen molar-refractivity contribution in [1.29, 1.82) is 0 Å². The molecule has 1 aliphatic heterocycles. The summed E-state index contributed by atoms with van der Waals surface area (Å²) in [5, 5.41) is 5.29. The monoisotopic (exact) mass is 410 g/mol. The molecule has 0 spiro atoms. The summed E-state index contributed by atoms with van der Waals surface area (Å²) in [5.74, 6) is 1.22. The van der Waals surface area contributed by atoms with Crippen LogP contribution in [0.4, 0.5) is 5.95 Å². The first-order chi connectivity index (χ1) is 15.2. The average molecular weight is 410 g/mol. The number of para-hydroxylation sites is 2. The Morgan fingerprint density at radius 2 is 1.77 bits per heavy atom. The van der Waals surface area contributed by atoms with Crippen LogP contribution in [0.3, 0.4) is 0 Å². The fourth-order valence-corrected chi connectivity index (χ4v) is 3.91. The Kier molecular flexibility index (Phi) is 4.96. The molecule has 1 aliphatic rings. The summed E-state index contributed by atoms with van der Waals surface area (Å²) in [6.07, 6.45) is 0.479. The van der Waals surface area contributed by atoms with E-state index in [-0.39, 0.29) is 11.7 Å². The van der Waals surface area contributed by atoms with Crippen molar-refractivity contribution in [3.8, 4) is 5.75 Å². The van der Waals surface area contributed by atoms with Crippen molar-refractivity contribution in [3.63, 3.8) is 0 Å². The maximum atomic E-state index is 12.9. The fraction of sp³-hybridized carbons (Fsp3) is 0.160. The van der Waals surface area contributed by atoms with Crippen LogP contribution < -0.4 is 15.7 Å². The summed E-state index contributed by atoms with van der Waals surface area (Å²) in [6, 6.07) is 25.4. The number of rotatable bonds is 4. The third-order valence-corrected chi connectivity index (χ3v) is 5.49. The van der Waals surface area contributed by atoms with E-state index in [1.54, 1.807) is 10.6 Å². The van der Waals surface area contributed by atoms with Crippen molar-refractivity contribution in [3.05, 3.63) is 100 Å². The van der Waals surface area contributed by atoms with Crippen LogP contribution in [0.5, 0.6) is 5.75 Å². The van der Waals surface area contributed by atoms with Crippen molar-refractivity contribution in [2.45, 2.75) is 26.0 Å². The molecule has 0 aliphatic carbocycles. The molecule has 154 valence electrons. The van der Waals surface area contributed by atoms with Crippen LogP contribution in [0.25, 0.3) is 10.9 Å². The number of fused-ring (bicyclic) bond motifs is 2. The van der Waals surface area contributed by atoms with Crippen LogP contribution in [0.1, 0.15) is 30.6 Å². The smallest absolute Gasteiger partial charge is 0.262 e. The predicted octanol–water partition coefficient (Wildman–Crippen LogP) is 4.76. The van der Waals surface area contributed by atoms with E-state index in [2.05, 4.69) is 22.5 Å². The second-order valence-electron chi connectivity index (χ2n) is 7.39.